The van der Waals surface area contributed by atoms with Crippen molar-refractivity contribution in [2.45, 2.75) is 27.1 Å². The molecule has 2 aromatic carbocycles. The number of amides is 1. The van der Waals surface area contributed by atoms with E-state index in [4.69, 9.17) is 14.2 Å². The van der Waals surface area contributed by atoms with Gasteiger partial charge in [-0.15, -0.1) is 0 Å². The maximum Gasteiger partial charge on any atom is 0.276 e. The summed E-state index contributed by atoms with van der Waals surface area (Å²) < 4.78 is 19.6. The van der Waals surface area contributed by atoms with Gasteiger partial charge in [0.1, 0.15) is 17.2 Å². The van der Waals surface area contributed by atoms with Crippen LogP contribution in [0.4, 0.5) is 5.69 Å². The summed E-state index contributed by atoms with van der Waals surface area (Å²) >= 11 is 0. The van der Waals surface area contributed by atoms with Gasteiger partial charge in [0.2, 0.25) is 0 Å². The molecule has 0 saturated heterocycles. The Balaban J connectivity index is 1.40. The van der Waals surface area contributed by atoms with Crippen LogP contribution in [0.25, 0.3) is 0 Å². The zero-order valence-corrected chi connectivity index (χ0v) is 19.6. The Kier molecular flexibility index (Phi) is 6.82. The van der Waals surface area contributed by atoms with E-state index in [1.165, 1.54) is 0 Å². The van der Waals surface area contributed by atoms with E-state index in [1.54, 1.807) is 31.2 Å². The molecule has 0 fully saturated rings. The summed E-state index contributed by atoms with van der Waals surface area (Å²) in [5, 5.41) is 11.9. The highest BCUT2D eigenvalue weighted by atomic mass is 16.5. The molecule has 4 rings (SSSR count). The number of anilines is 1. The SMILES string of the molecule is COc1ccc(OCn2ccc(C(=O)Nc3c(C)nn(Cc4cccc(OC)c4)c3C)n2)cc1. The second-order valence-corrected chi connectivity index (χ2v) is 7.70. The molecule has 0 aliphatic rings. The molecule has 2 aromatic heterocycles. The summed E-state index contributed by atoms with van der Waals surface area (Å²) in [5.74, 6) is 1.91. The van der Waals surface area contributed by atoms with Gasteiger partial charge in [0, 0.05) is 6.20 Å². The van der Waals surface area contributed by atoms with E-state index in [0.717, 1.165) is 28.5 Å². The van der Waals surface area contributed by atoms with Gasteiger partial charge in [-0.25, -0.2) is 4.68 Å². The number of hydrogen-bond acceptors (Lipinski definition) is 6. The Morgan fingerprint density at radius 3 is 2.41 bits per heavy atom. The van der Waals surface area contributed by atoms with Gasteiger partial charge < -0.3 is 19.5 Å². The lowest BCUT2D eigenvalue weighted by Gasteiger charge is -2.08. The molecule has 0 aliphatic carbocycles. The topological polar surface area (TPSA) is 92.4 Å². The van der Waals surface area contributed by atoms with Crippen LogP contribution < -0.4 is 19.5 Å². The molecule has 34 heavy (non-hydrogen) atoms. The van der Waals surface area contributed by atoms with E-state index >= 15 is 0 Å². The number of carbonyl (C=O) groups is 1. The van der Waals surface area contributed by atoms with Crippen LogP contribution in [0, 0.1) is 13.8 Å². The highest BCUT2D eigenvalue weighted by molar-refractivity contribution is 6.03. The second kappa shape index (κ2) is 10.1. The first-order valence-corrected chi connectivity index (χ1v) is 10.8. The average molecular weight is 462 g/mol. The first kappa shape index (κ1) is 22.9. The van der Waals surface area contributed by atoms with Crippen molar-refractivity contribution in [2.75, 3.05) is 19.5 Å². The van der Waals surface area contributed by atoms with Crippen molar-refractivity contribution in [3.63, 3.8) is 0 Å². The van der Waals surface area contributed by atoms with Crippen LogP contribution >= 0.6 is 0 Å². The maximum atomic E-state index is 12.8. The molecule has 0 unspecified atom stereocenters. The number of rotatable bonds is 9. The van der Waals surface area contributed by atoms with E-state index in [0.29, 0.717) is 18.0 Å². The summed E-state index contributed by atoms with van der Waals surface area (Å²) in [6.07, 6.45) is 1.70. The largest absolute Gasteiger partial charge is 0.497 e. The fourth-order valence-corrected chi connectivity index (χ4v) is 3.52. The molecule has 0 radical (unpaired) electrons. The van der Waals surface area contributed by atoms with Gasteiger partial charge in [0.15, 0.2) is 12.4 Å². The van der Waals surface area contributed by atoms with Gasteiger partial charge in [-0.1, -0.05) is 12.1 Å². The van der Waals surface area contributed by atoms with Gasteiger partial charge in [-0.3, -0.25) is 9.48 Å². The van der Waals surface area contributed by atoms with E-state index < -0.39 is 0 Å². The lowest BCUT2D eigenvalue weighted by molar-refractivity contribution is 0.102. The zero-order valence-electron chi connectivity index (χ0n) is 19.6. The molecule has 2 heterocycles. The van der Waals surface area contributed by atoms with Crippen LogP contribution in [0.15, 0.2) is 60.8 Å². The normalized spacial score (nSPS) is 10.7. The summed E-state index contributed by atoms with van der Waals surface area (Å²) in [6, 6.07) is 16.7. The number of benzene rings is 2. The average Bonchev–Trinajstić information content (AvgIpc) is 3.43. The fourth-order valence-electron chi connectivity index (χ4n) is 3.52. The van der Waals surface area contributed by atoms with Crippen molar-refractivity contribution >= 4 is 11.6 Å². The predicted octanol–water partition coefficient (Wildman–Crippen LogP) is 4.05. The monoisotopic (exact) mass is 461 g/mol. The second-order valence-electron chi connectivity index (χ2n) is 7.70. The molecule has 1 N–H and O–H groups in total. The predicted molar refractivity (Wildman–Crippen MR) is 128 cm³/mol. The minimum Gasteiger partial charge on any atom is -0.497 e. The van der Waals surface area contributed by atoms with E-state index in [9.17, 15) is 4.79 Å². The molecular formula is C25H27N5O4. The van der Waals surface area contributed by atoms with E-state index in [2.05, 4.69) is 15.5 Å². The highest BCUT2D eigenvalue weighted by Crippen LogP contribution is 2.22. The maximum absolute atomic E-state index is 12.8. The van der Waals surface area contributed by atoms with E-state index in [1.807, 2.05) is 67.1 Å². The van der Waals surface area contributed by atoms with Gasteiger partial charge in [0.05, 0.1) is 37.8 Å². The number of methoxy groups -OCH3 is 2. The van der Waals surface area contributed by atoms with Crippen LogP contribution in [-0.2, 0) is 13.3 Å². The Labute approximate surface area is 197 Å². The number of aromatic nitrogens is 4. The summed E-state index contributed by atoms with van der Waals surface area (Å²) in [6.45, 7) is 4.54. The van der Waals surface area contributed by atoms with Crippen molar-refractivity contribution in [2.24, 2.45) is 0 Å². The third-order valence-corrected chi connectivity index (χ3v) is 5.38. The van der Waals surface area contributed by atoms with Gasteiger partial charge in [-0.2, -0.15) is 10.2 Å². The van der Waals surface area contributed by atoms with Crippen LogP contribution in [0.5, 0.6) is 17.2 Å². The molecule has 176 valence electrons. The summed E-state index contributed by atoms with van der Waals surface area (Å²) in [7, 11) is 3.25. The Hall–Kier alpha value is -4.27. The van der Waals surface area contributed by atoms with Crippen molar-refractivity contribution < 1.29 is 19.0 Å². The Morgan fingerprint density at radius 2 is 1.68 bits per heavy atom. The van der Waals surface area contributed by atoms with Crippen LogP contribution in [0.1, 0.15) is 27.4 Å². The molecule has 0 aliphatic heterocycles. The van der Waals surface area contributed by atoms with Crippen LogP contribution in [0.2, 0.25) is 0 Å². The number of nitrogens with zero attached hydrogens (tertiary/aromatic N) is 4. The standard InChI is InChI=1S/C25H27N5O4/c1-17-24(18(2)30(27-17)15-19-6-5-7-22(14-19)33-4)26-25(31)23-12-13-29(28-23)16-34-21-10-8-20(32-3)9-11-21/h5-14H,15-16H2,1-4H3,(H,26,31). The lowest BCUT2D eigenvalue weighted by Crippen LogP contribution is -2.15. The van der Waals surface area contributed by atoms with Gasteiger partial charge >= 0.3 is 0 Å². The highest BCUT2D eigenvalue weighted by Gasteiger charge is 2.17. The minimum absolute atomic E-state index is 0.177. The summed E-state index contributed by atoms with van der Waals surface area (Å²) in [5.41, 5.74) is 3.61. The number of aryl methyl sites for hydroxylation is 1. The van der Waals surface area contributed by atoms with Crippen molar-refractivity contribution in [3.8, 4) is 17.2 Å². The van der Waals surface area contributed by atoms with Crippen LogP contribution in [0.3, 0.4) is 0 Å². The smallest absolute Gasteiger partial charge is 0.276 e. The molecule has 0 saturated carbocycles. The Morgan fingerprint density at radius 1 is 0.941 bits per heavy atom. The molecule has 9 nitrogen and oxygen atoms in total. The lowest BCUT2D eigenvalue weighted by atomic mass is 10.2. The number of ether oxygens (including phenoxy) is 3. The molecule has 1 amide bonds. The molecular weight excluding hydrogens is 434 g/mol. The summed E-state index contributed by atoms with van der Waals surface area (Å²) in [4.78, 5) is 12.8. The van der Waals surface area contributed by atoms with Gasteiger partial charge in [0.25, 0.3) is 5.91 Å². The molecule has 4 aromatic rings. The quantitative estimate of drug-likeness (QED) is 0.404. The first-order chi connectivity index (χ1) is 16.5. The molecule has 0 atom stereocenters. The third kappa shape index (κ3) is 5.20. The zero-order chi connectivity index (χ0) is 24.1. The molecule has 0 spiro atoms. The van der Waals surface area contributed by atoms with E-state index in [-0.39, 0.29) is 18.3 Å². The minimum atomic E-state index is -0.310. The first-order valence-electron chi connectivity index (χ1n) is 10.8. The van der Waals surface area contributed by atoms with Crippen molar-refractivity contribution in [1.29, 1.82) is 0 Å². The van der Waals surface area contributed by atoms with Gasteiger partial charge in [-0.05, 0) is 61.9 Å². The number of hydrogen-bond donors (Lipinski definition) is 1. The third-order valence-electron chi connectivity index (χ3n) is 5.38. The molecule has 9 heteroatoms. The number of nitrogens with one attached hydrogen (secondary N) is 1. The van der Waals surface area contributed by atoms with Crippen LogP contribution in [-0.4, -0.2) is 39.7 Å². The number of carbonyl (C=O) groups excluding carboxylic acids is 1. The Bertz CT molecular complexity index is 1280. The molecule has 0 bridgehead atoms. The van der Waals surface area contributed by atoms with Crippen molar-refractivity contribution in [1.82, 2.24) is 19.6 Å². The van der Waals surface area contributed by atoms with Crippen molar-refractivity contribution in [3.05, 3.63) is 83.4 Å². The fraction of sp³-hybridized carbons (Fsp3) is 0.240.